The van der Waals surface area contributed by atoms with Crippen LogP contribution in [0.25, 0.3) is 11.3 Å². The van der Waals surface area contributed by atoms with Gasteiger partial charge in [0.25, 0.3) is 0 Å². The maximum Gasteiger partial charge on any atom is 0.227 e. The number of anilines is 1. The van der Waals surface area contributed by atoms with Gasteiger partial charge in [-0.15, -0.1) is 23.7 Å². The highest BCUT2D eigenvalue weighted by Crippen LogP contribution is 2.33. The molecule has 1 aromatic heterocycles. The van der Waals surface area contributed by atoms with Crippen molar-refractivity contribution in [2.45, 2.75) is 12.5 Å². The summed E-state index contributed by atoms with van der Waals surface area (Å²) >= 11 is 3.30. The molecule has 26 heavy (non-hydrogen) atoms. The van der Waals surface area contributed by atoms with E-state index in [0.717, 1.165) is 29.3 Å². The first kappa shape index (κ1) is 20.8. The molecule has 142 valence electrons. The highest BCUT2D eigenvalue weighted by molar-refractivity contribution is 7.99. The number of aromatic nitrogens is 1. The van der Waals surface area contributed by atoms with E-state index in [2.05, 4.69) is 15.6 Å². The molecule has 2 aromatic rings. The third-order valence-corrected chi connectivity index (χ3v) is 5.75. The lowest BCUT2D eigenvalue weighted by Gasteiger charge is -2.22. The van der Waals surface area contributed by atoms with Gasteiger partial charge in [0.2, 0.25) is 5.91 Å². The van der Waals surface area contributed by atoms with E-state index in [1.165, 1.54) is 11.3 Å². The van der Waals surface area contributed by atoms with Crippen LogP contribution in [0.4, 0.5) is 5.13 Å². The molecule has 1 aromatic carbocycles. The van der Waals surface area contributed by atoms with Gasteiger partial charge >= 0.3 is 0 Å². The highest BCUT2D eigenvalue weighted by atomic mass is 35.5. The fourth-order valence-electron chi connectivity index (χ4n) is 2.60. The lowest BCUT2D eigenvalue weighted by atomic mass is 10.1. The Balaban J connectivity index is 0.00000243. The van der Waals surface area contributed by atoms with Crippen LogP contribution >= 0.6 is 35.5 Å². The fraction of sp³-hybridized carbons (Fsp3) is 0.412. The van der Waals surface area contributed by atoms with Crippen molar-refractivity contribution in [1.29, 1.82) is 0 Å². The maximum atomic E-state index is 12.2. The summed E-state index contributed by atoms with van der Waals surface area (Å²) in [7, 11) is 3.21. The summed E-state index contributed by atoms with van der Waals surface area (Å²) in [5, 5.41) is 8.79. The van der Waals surface area contributed by atoms with Gasteiger partial charge in [0.05, 0.1) is 19.9 Å². The number of thioether (sulfide) groups is 1. The Morgan fingerprint density at radius 3 is 2.85 bits per heavy atom. The number of carbonyl (C=O) groups is 1. The molecular weight excluding hydrogens is 394 g/mol. The van der Waals surface area contributed by atoms with E-state index < -0.39 is 0 Å². The van der Waals surface area contributed by atoms with Crippen molar-refractivity contribution in [3.63, 3.8) is 0 Å². The quantitative estimate of drug-likeness (QED) is 0.754. The Bertz CT molecular complexity index is 736. The van der Waals surface area contributed by atoms with E-state index >= 15 is 0 Å². The number of methoxy groups -OCH3 is 2. The van der Waals surface area contributed by atoms with Crippen LogP contribution in [-0.4, -0.2) is 49.2 Å². The second kappa shape index (κ2) is 10.0. The monoisotopic (exact) mass is 415 g/mol. The summed E-state index contributed by atoms with van der Waals surface area (Å²) in [6.45, 7) is 0.962. The third kappa shape index (κ3) is 5.26. The SMILES string of the molecule is COc1ccc(-c2csc(NC(=O)CC3CSCCN3)n2)cc1OC.Cl. The van der Waals surface area contributed by atoms with Crippen LogP contribution in [-0.2, 0) is 4.79 Å². The molecule has 1 atom stereocenters. The molecule has 1 amide bonds. The summed E-state index contributed by atoms with van der Waals surface area (Å²) < 4.78 is 10.6. The first-order chi connectivity index (χ1) is 12.2. The van der Waals surface area contributed by atoms with Gasteiger partial charge in [-0.2, -0.15) is 11.8 Å². The zero-order valence-corrected chi connectivity index (χ0v) is 17.1. The van der Waals surface area contributed by atoms with Crippen molar-refractivity contribution < 1.29 is 14.3 Å². The Kier molecular flexibility index (Phi) is 8.02. The molecule has 1 unspecified atom stereocenters. The molecule has 0 saturated carbocycles. The summed E-state index contributed by atoms with van der Waals surface area (Å²) in [4.78, 5) is 16.7. The van der Waals surface area contributed by atoms with Gasteiger partial charge in [-0.05, 0) is 18.2 Å². The summed E-state index contributed by atoms with van der Waals surface area (Å²) in [5.74, 6) is 3.40. The summed E-state index contributed by atoms with van der Waals surface area (Å²) in [6.07, 6.45) is 0.471. The largest absolute Gasteiger partial charge is 0.493 e. The fourth-order valence-corrected chi connectivity index (χ4v) is 4.29. The predicted octanol–water partition coefficient (Wildman–Crippen LogP) is 3.28. The minimum Gasteiger partial charge on any atom is -0.493 e. The third-order valence-electron chi connectivity index (χ3n) is 3.86. The van der Waals surface area contributed by atoms with Gasteiger partial charge in [0.1, 0.15) is 0 Å². The Morgan fingerprint density at radius 2 is 2.15 bits per heavy atom. The molecule has 1 aliphatic rings. The Hall–Kier alpha value is -1.48. The van der Waals surface area contributed by atoms with Gasteiger partial charge in [-0.3, -0.25) is 4.79 Å². The van der Waals surface area contributed by atoms with E-state index in [0.29, 0.717) is 23.1 Å². The zero-order chi connectivity index (χ0) is 17.6. The van der Waals surface area contributed by atoms with Crippen molar-refractivity contribution in [2.24, 2.45) is 0 Å². The van der Waals surface area contributed by atoms with Crippen molar-refractivity contribution in [1.82, 2.24) is 10.3 Å². The number of ether oxygens (including phenoxy) is 2. The number of hydrogen-bond donors (Lipinski definition) is 2. The van der Waals surface area contributed by atoms with Crippen LogP contribution in [0.2, 0.25) is 0 Å². The molecule has 1 aliphatic heterocycles. The molecule has 1 saturated heterocycles. The van der Waals surface area contributed by atoms with Crippen LogP contribution in [0, 0.1) is 0 Å². The Labute approximate surface area is 167 Å². The molecule has 6 nitrogen and oxygen atoms in total. The van der Waals surface area contributed by atoms with Gasteiger partial charge in [-0.1, -0.05) is 0 Å². The number of benzene rings is 1. The topological polar surface area (TPSA) is 72.5 Å². The second-order valence-corrected chi connectivity index (χ2v) is 7.59. The van der Waals surface area contributed by atoms with E-state index in [-0.39, 0.29) is 24.4 Å². The molecule has 0 spiro atoms. The lowest BCUT2D eigenvalue weighted by Crippen LogP contribution is -2.39. The van der Waals surface area contributed by atoms with E-state index in [1.807, 2.05) is 35.3 Å². The molecule has 9 heteroatoms. The molecule has 3 rings (SSSR count). The van der Waals surface area contributed by atoms with Crippen molar-refractivity contribution in [3.8, 4) is 22.8 Å². The molecule has 0 radical (unpaired) electrons. The molecule has 2 heterocycles. The zero-order valence-electron chi connectivity index (χ0n) is 14.6. The first-order valence-corrected chi connectivity index (χ1v) is 10.0. The molecular formula is C17H22ClN3O3S2. The maximum absolute atomic E-state index is 12.2. The molecule has 1 fully saturated rings. The van der Waals surface area contributed by atoms with Crippen LogP contribution < -0.4 is 20.1 Å². The smallest absolute Gasteiger partial charge is 0.227 e. The summed E-state index contributed by atoms with van der Waals surface area (Å²) in [5.41, 5.74) is 1.72. The number of nitrogens with zero attached hydrogens (tertiary/aromatic N) is 1. The van der Waals surface area contributed by atoms with E-state index in [1.54, 1.807) is 14.2 Å². The van der Waals surface area contributed by atoms with Crippen LogP contribution in [0.1, 0.15) is 6.42 Å². The molecule has 2 N–H and O–H groups in total. The van der Waals surface area contributed by atoms with Gasteiger partial charge in [0, 0.05) is 41.5 Å². The Morgan fingerprint density at radius 1 is 1.35 bits per heavy atom. The van der Waals surface area contributed by atoms with E-state index in [9.17, 15) is 4.79 Å². The number of thiazole rings is 1. The number of hydrogen-bond acceptors (Lipinski definition) is 7. The lowest BCUT2D eigenvalue weighted by molar-refractivity contribution is -0.116. The average molecular weight is 416 g/mol. The standard InChI is InChI=1S/C17H21N3O3S2.ClH/c1-22-14-4-3-11(7-15(14)23-2)13-10-25-17(19-13)20-16(21)8-12-9-24-6-5-18-12;/h3-4,7,10,12,18H,5-6,8-9H2,1-2H3,(H,19,20,21);1H. The molecule has 0 aliphatic carbocycles. The minimum absolute atomic E-state index is 0. The second-order valence-electron chi connectivity index (χ2n) is 5.59. The van der Waals surface area contributed by atoms with E-state index in [4.69, 9.17) is 9.47 Å². The summed E-state index contributed by atoms with van der Waals surface area (Å²) in [6, 6.07) is 5.88. The van der Waals surface area contributed by atoms with Gasteiger partial charge in [-0.25, -0.2) is 4.98 Å². The number of carbonyl (C=O) groups excluding carboxylic acids is 1. The number of halogens is 1. The van der Waals surface area contributed by atoms with Crippen molar-refractivity contribution >= 4 is 46.5 Å². The van der Waals surface area contributed by atoms with Gasteiger partial charge in [0.15, 0.2) is 16.6 Å². The number of nitrogens with one attached hydrogen (secondary N) is 2. The minimum atomic E-state index is -0.00629. The number of amides is 1. The van der Waals surface area contributed by atoms with Crippen LogP contribution in [0.3, 0.4) is 0 Å². The normalized spacial score (nSPS) is 16.5. The predicted molar refractivity (Wildman–Crippen MR) is 110 cm³/mol. The van der Waals surface area contributed by atoms with Crippen molar-refractivity contribution in [3.05, 3.63) is 23.6 Å². The van der Waals surface area contributed by atoms with Crippen LogP contribution in [0.5, 0.6) is 11.5 Å². The number of rotatable bonds is 6. The molecule has 0 bridgehead atoms. The first-order valence-electron chi connectivity index (χ1n) is 7.98. The average Bonchev–Trinajstić information content (AvgIpc) is 3.10. The van der Waals surface area contributed by atoms with Crippen molar-refractivity contribution in [2.75, 3.05) is 37.6 Å². The van der Waals surface area contributed by atoms with Gasteiger partial charge < -0.3 is 20.1 Å². The highest BCUT2D eigenvalue weighted by Gasteiger charge is 2.17. The van der Waals surface area contributed by atoms with Crippen LogP contribution in [0.15, 0.2) is 23.6 Å².